The molecule has 0 amide bonds. The number of nitrogens with zero attached hydrogens (tertiary/aromatic N) is 2. The minimum Gasteiger partial charge on any atom is -0.304 e. The molecule has 1 atom stereocenters. The molecular formula is C14H18BrClN2O3S. The van der Waals surface area contributed by atoms with Gasteiger partial charge >= 0.3 is 0 Å². The van der Waals surface area contributed by atoms with Gasteiger partial charge in [0.25, 0.3) is 0 Å². The average Bonchev–Trinajstić information content (AvgIpc) is 2.47. The Morgan fingerprint density at radius 2 is 1.86 bits per heavy atom. The van der Waals surface area contributed by atoms with Gasteiger partial charge in [0.15, 0.2) is 0 Å². The number of likely N-dealkylation sites (N-methyl/N-ethyl adjacent to an activating group) is 1. The molecule has 122 valence electrons. The molecule has 0 spiro atoms. The lowest BCUT2D eigenvalue weighted by atomic mass is 10.1. The maximum Gasteiger partial charge on any atom is 0.244 e. The normalized spacial score (nSPS) is 19.1. The SMILES string of the molecule is CC(=O)C(Br)c1ccc(Cl)c(S(=O)(=O)N2CCN(C)CC2)c1. The molecule has 0 aromatic heterocycles. The summed E-state index contributed by atoms with van der Waals surface area (Å²) in [6.07, 6.45) is 0. The van der Waals surface area contributed by atoms with E-state index < -0.39 is 14.9 Å². The van der Waals surface area contributed by atoms with E-state index >= 15 is 0 Å². The number of hydrogen-bond donors (Lipinski definition) is 0. The molecule has 8 heteroatoms. The van der Waals surface area contributed by atoms with Gasteiger partial charge in [-0.05, 0) is 31.7 Å². The summed E-state index contributed by atoms with van der Waals surface area (Å²) in [6, 6.07) is 4.67. The Labute approximate surface area is 144 Å². The Balaban J connectivity index is 2.38. The van der Waals surface area contributed by atoms with Crippen molar-refractivity contribution in [3.05, 3.63) is 28.8 Å². The first-order valence-corrected chi connectivity index (χ1v) is 9.59. The van der Waals surface area contributed by atoms with Crippen LogP contribution < -0.4 is 0 Å². The Hall–Kier alpha value is -0.470. The number of carbonyl (C=O) groups is 1. The molecule has 5 nitrogen and oxygen atoms in total. The predicted octanol–water partition coefficient (Wildman–Crippen LogP) is 2.30. The van der Waals surface area contributed by atoms with E-state index in [9.17, 15) is 13.2 Å². The van der Waals surface area contributed by atoms with Crippen LogP contribution in [-0.4, -0.2) is 56.6 Å². The topological polar surface area (TPSA) is 57.7 Å². The van der Waals surface area contributed by atoms with E-state index in [0.717, 1.165) is 0 Å². The molecule has 1 unspecified atom stereocenters. The number of rotatable bonds is 4. The zero-order valence-electron chi connectivity index (χ0n) is 12.4. The number of hydrogen-bond acceptors (Lipinski definition) is 4. The van der Waals surface area contributed by atoms with Crippen LogP contribution in [0.4, 0.5) is 0 Å². The van der Waals surface area contributed by atoms with Gasteiger partial charge in [0.1, 0.15) is 10.7 Å². The fraction of sp³-hybridized carbons (Fsp3) is 0.500. The fourth-order valence-electron chi connectivity index (χ4n) is 2.28. The quantitative estimate of drug-likeness (QED) is 0.716. The Kier molecular flexibility index (Phi) is 5.66. The molecule has 1 aliphatic heterocycles. The number of piperazine rings is 1. The smallest absolute Gasteiger partial charge is 0.244 e. The molecule has 0 N–H and O–H groups in total. The van der Waals surface area contributed by atoms with Crippen LogP contribution in [0, 0.1) is 0 Å². The van der Waals surface area contributed by atoms with Gasteiger partial charge in [-0.2, -0.15) is 4.31 Å². The van der Waals surface area contributed by atoms with Crippen LogP contribution in [0.1, 0.15) is 17.3 Å². The lowest BCUT2D eigenvalue weighted by molar-refractivity contribution is -0.116. The van der Waals surface area contributed by atoms with E-state index in [1.807, 2.05) is 7.05 Å². The van der Waals surface area contributed by atoms with Crippen molar-refractivity contribution in [1.82, 2.24) is 9.21 Å². The van der Waals surface area contributed by atoms with Gasteiger partial charge in [-0.3, -0.25) is 4.79 Å². The highest BCUT2D eigenvalue weighted by Gasteiger charge is 2.30. The van der Waals surface area contributed by atoms with Crippen molar-refractivity contribution >= 4 is 43.3 Å². The summed E-state index contributed by atoms with van der Waals surface area (Å²) in [5.41, 5.74) is 0.588. The Morgan fingerprint density at radius 1 is 1.27 bits per heavy atom. The van der Waals surface area contributed by atoms with Gasteiger partial charge in [-0.25, -0.2) is 8.42 Å². The number of carbonyl (C=O) groups excluding carboxylic acids is 1. The zero-order chi connectivity index (χ0) is 16.5. The summed E-state index contributed by atoms with van der Waals surface area (Å²) < 4.78 is 27.0. The molecule has 1 aromatic carbocycles. The zero-order valence-corrected chi connectivity index (χ0v) is 15.6. The highest BCUT2D eigenvalue weighted by atomic mass is 79.9. The highest BCUT2D eigenvalue weighted by molar-refractivity contribution is 9.09. The van der Waals surface area contributed by atoms with Crippen LogP contribution in [0.2, 0.25) is 5.02 Å². The molecule has 0 radical (unpaired) electrons. The second-order valence-electron chi connectivity index (χ2n) is 5.37. The fourth-order valence-corrected chi connectivity index (χ4v) is 4.49. The second-order valence-corrected chi connectivity index (χ2v) is 8.60. The summed E-state index contributed by atoms with van der Waals surface area (Å²) in [5.74, 6) is -0.0923. The first-order valence-electron chi connectivity index (χ1n) is 6.86. The molecule has 1 aliphatic rings. The van der Waals surface area contributed by atoms with Crippen molar-refractivity contribution in [3.63, 3.8) is 0 Å². The molecule has 22 heavy (non-hydrogen) atoms. The summed E-state index contributed by atoms with van der Waals surface area (Å²) in [7, 11) is -1.70. The molecule has 0 saturated carbocycles. The molecule has 1 saturated heterocycles. The van der Waals surface area contributed by atoms with Gasteiger partial charge in [0, 0.05) is 26.2 Å². The molecule has 1 heterocycles. The number of Topliss-reactive ketones (excluding diaryl/α,β-unsaturated/α-hetero) is 1. The van der Waals surface area contributed by atoms with Crippen LogP contribution in [0.5, 0.6) is 0 Å². The van der Waals surface area contributed by atoms with Crippen LogP contribution in [0.25, 0.3) is 0 Å². The number of alkyl halides is 1. The number of sulfonamides is 1. The number of benzene rings is 1. The van der Waals surface area contributed by atoms with Crippen LogP contribution in [0.3, 0.4) is 0 Å². The Bertz CT molecular complexity index is 673. The van der Waals surface area contributed by atoms with Crippen LogP contribution in [0.15, 0.2) is 23.1 Å². The molecular weight excluding hydrogens is 392 g/mol. The molecule has 0 aliphatic carbocycles. The predicted molar refractivity (Wildman–Crippen MR) is 90.1 cm³/mol. The third-order valence-corrected chi connectivity index (χ3v) is 7.24. The lowest BCUT2D eigenvalue weighted by Crippen LogP contribution is -2.47. The van der Waals surface area contributed by atoms with Crippen molar-refractivity contribution in [3.8, 4) is 0 Å². The van der Waals surface area contributed by atoms with Gasteiger partial charge in [0.05, 0.1) is 9.85 Å². The van der Waals surface area contributed by atoms with E-state index in [-0.39, 0.29) is 15.7 Å². The van der Waals surface area contributed by atoms with Crippen LogP contribution in [-0.2, 0) is 14.8 Å². The third kappa shape index (κ3) is 3.71. The summed E-state index contributed by atoms with van der Waals surface area (Å²) in [4.78, 5) is 13.1. The van der Waals surface area contributed by atoms with E-state index in [0.29, 0.717) is 31.7 Å². The highest BCUT2D eigenvalue weighted by Crippen LogP contribution is 2.31. The summed E-state index contributed by atoms with van der Waals surface area (Å²) in [6.45, 7) is 3.69. The van der Waals surface area contributed by atoms with Gasteiger partial charge in [-0.1, -0.05) is 33.6 Å². The first kappa shape index (κ1) is 17.9. The largest absolute Gasteiger partial charge is 0.304 e. The average molecular weight is 410 g/mol. The minimum absolute atomic E-state index is 0.0573. The molecule has 1 aromatic rings. The van der Waals surface area contributed by atoms with Crippen molar-refractivity contribution < 1.29 is 13.2 Å². The van der Waals surface area contributed by atoms with Crippen LogP contribution >= 0.6 is 27.5 Å². The van der Waals surface area contributed by atoms with Gasteiger partial charge in [-0.15, -0.1) is 0 Å². The first-order chi connectivity index (χ1) is 10.2. The lowest BCUT2D eigenvalue weighted by Gasteiger charge is -2.31. The maximum absolute atomic E-state index is 12.8. The second kappa shape index (κ2) is 6.97. The van der Waals surface area contributed by atoms with Crippen molar-refractivity contribution in [1.29, 1.82) is 0 Å². The van der Waals surface area contributed by atoms with Crippen molar-refractivity contribution in [2.24, 2.45) is 0 Å². The molecule has 2 rings (SSSR count). The van der Waals surface area contributed by atoms with E-state index in [1.165, 1.54) is 23.4 Å². The Morgan fingerprint density at radius 3 is 2.41 bits per heavy atom. The number of ketones is 1. The van der Waals surface area contributed by atoms with E-state index in [2.05, 4.69) is 20.8 Å². The minimum atomic E-state index is -3.66. The third-order valence-electron chi connectivity index (χ3n) is 3.68. The maximum atomic E-state index is 12.8. The van der Waals surface area contributed by atoms with Gasteiger partial charge in [0.2, 0.25) is 10.0 Å². The van der Waals surface area contributed by atoms with Crippen molar-refractivity contribution in [2.45, 2.75) is 16.6 Å². The van der Waals surface area contributed by atoms with E-state index in [1.54, 1.807) is 6.07 Å². The number of halogens is 2. The van der Waals surface area contributed by atoms with E-state index in [4.69, 9.17) is 11.6 Å². The molecule has 0 bridgehead atoms. The molecule has 1 fully saturated rings. The standard InChI is InChI=1S/C14H18BrClN2O3S/c1-10(19)14(15)11-3-4-12(16)13(9-11)22(20,21)18-7-5-17(2)6-8-18/h3-4,9,14H,5-8H2,1-2H3. The monoisotopic (exact) mass is 408 g/mol. The summed E-state index contributed by atoms with van der Waals surface area (Å²) in [5, 5.41) is 0.172. The van der Waals surface area contributed by atoms with Gasteiger partial charge < -0.3 is 4.90 Å². The van der Waals surface area contributed by atoms with Crippen molar-refractivity contribution in [2.75, 3.05) is 33.2 Å². The summed E-state index contributed by atoms with van der Waals surface area (Å²) >= 11 is 9.37.